The minimum absolute atomic E-state index is 0.257. The molecule has 8 heteroatoms. The Morgan fingerprint density at radius 3 is 2.59 bits per heavy atom. The van der Waals surface area contributed by atoms with Gasteiger partial charge in [0.1, 0.15) is 16.8 Å². The minimum Gasteiger partial charge on any atom is -0.383 e. The van der Waals surface area contributed by atoms with Crippen molar-refractivity contribution < 1.29 is 4.79 Å². The van der Waals surface area contributed by atoms with Crippen LogP contribution in [-0.2, 0) is 4.79 Å². The molecule has 29 heavy (non-hydrogen) atoms. The van der Waals surface area contributed by atoms with Crippen LogP contribution in [0.25, 0.3) is 0 Å². The SMILES string of the molecule is CC1=C(C(=O)Nc2ccccc2)[C@@H](c2ccc(Br)cc2)N2C(=N1)SC(C#N)=C2N. The maximum atomic E-state index is 13.3. The molecule has 0 fully saturated rings. The molecule has 0 radical (unpaired) electrons. The van der Waals surface area contributed by atoms with Gasteiger partial charge in [0, 0.05) is 10.2 Å². The Morgan fingerprint density at radius 1 is 1.24 bits per heavy atom. The van der Waals surface area contributed by atoms with Gasteiger partial charge in [-0.15, -0.1) is 0 Å². The summed E-state index contributed by atoms with van der Waals surface area (Å²) in [5.41, 5.74) is 8.93. The minimum atomic E-state index is -0.488. The van der Waals surface area contributed by atoms with E-state index in [0.717, 1.165) is 10.0 Å². The molecule has 0 aromatic heterocycles. The van der Waals surface area contributed by atoms with Crippen LogP contribution in [0, 0.1) is 11.3 Å². The number of allylic oxidation sites excluding steroid dienone is 2. The second kappa shape index (κ2) is 7.78. The molecule has 4 rings (SSSR count). The number of carbonyl (C=O) groups is 1. The first kappa shape index (κ1) is 19.3. The van der Waals surface area contributed by atoms with E-state index < -0.39 is 6.04 Å². The molecule has 1 atom stereocenters. The zero-order chi connectivity index (χ0) is 20.5. The van der Waals surface area contributed by atoms with Gasteiger partial charge in [0.25, 0.3) is 5.91 Å². The first-order valence-electron chi connectivity index (χ1n) is 8.78. The van der Waals surface area contributed by atoms with Gasteiger partial charge in [0.15, 0.2) is 5.17 Å². The fourth-order valence-electron chi connectivity index (χ4n) is 3.31. The van der Waals surface area contributed by atoms with E-state index in [1.165, 1.54) is 11.8 Å². The van der Waals surface area contributed by atoms with Gasteiger partial charge >= 0.3 is 0 Å². The number of amidine groups is 1. The summed E-state index contributed by atoms with van der Waals surface area (Å²) in [7, 11) is 0. The van der Waals surface area contributed by atoms with E-state index in [0.29, 0.717) is 32.9 Å². The quantitative estimate of drug-likeness (QED) is 0.696. The number of amides is 1. The summed E-state index contributed by atoms with van der Waals surface area (Å²) >= 11 is 4.67. The van der Waals surface area contributed by atoms with Crippen LogP contribution in [0.2, 0.25) is 0 Å². The number of halogens is 1. The highest BCUT2D eigenvalue weighted by molar-refractivity contribution is 9.10. The Bertz CT molecular complexity index is 1120. The number of aliphatic imine (C=N–C) groups is 1. The summed E-state index contributed by atoms with van der Waals surface area (Å²) in [5, 5.41) is 13.0. The smallest absolute Gasteiger partial charge is 0.255 e. The average molecular weight is 466 g/mol. The number of benzene rings is 2. The Labute approximate surface area is 180 Å². The van der Waals surface area contributed by atoms with Crippen molar-refractivity contribution >= 4 is 44.5 Å². The van der Waals surface area contributed by atoms with Crippen LogP contribution in [0.5, 0.6) is 0 Å². The van der Waals surface area contributed by atoms with Gasteiger partial charge in [-0.1, -0.05) is 46.3 Å². The topological polar surface area (TPSA) is 94.5 Å². The summed E-state index contributed by atoms with van der Waals surface area (Å²) < 4.78 is 0.930. The van der Waals surface area contributed by atoms with Crippen molar-refractivity contribution in [2.24, 2.45) is 10.7 Å². The number of carbonyl (C=O) groups excluding carboxylic acids is 1. The third-order valence-electron chi connectivity index (χ3n) is 4.64. The van der Waals surface area contributed by atoms with Crippen LogP contribution >= 0.6 is 27.7 Å². The van der Waals surface area contributed by atoms with Crippen molar-refractivity contribution in [3.8, 4) is 6.07 Å². The van der Waals surface area contributed by atoms with E-state index in [1.54, 1.807) is 11.8 Å². The Kier molecular flexibility index (Phi) is 5.18. The van der Waals surface area contributed by atoms with Crippen LogP contribution in [0.1, 0.15) is 18.5 Å². The van der Waals surface area contributed by atoms with Crippen molar-refractivity contribution in [2.45, 2.75) is 13.0 Å². The maximum Gasteiger partial charge on any atom is 0.255 e. The number of hydrogen-bond acceptors (Lipinski definition) is 6. The van der Waals surface area contributed by atoms with Crippen LogP contribution in [0.4, 0.5) is 5.69 Å². The number of fused-ring (bicyclic) bond motifs is 1. The highest BCUT2D eigenvalue weighted by atomic mass is 79.9. The van der Waals surface area contributed by atoms with Gasteiger partial charge in [0.2, 0.25) is 0 Å². The van der Waals surface area contributed by atoms with Gasteiger partial charge in [0.05, 0.1) is 17.3 Å². The van der Waals surface area contributed by atoms with Crippen LogP contribution in [0.15, 0.2) is 86.1 Å². The van der Waals surface area contributed by atoms with Gasteiger partial charge in [-0.3, -0.25) is 9.69 Å². The van der Waals surface area contributed by atoms with Crippen LogP contribution in [-0.4, -0.2) is 16.0 Å². The number of nitrogens with one attached hydrogen (secondary N) is 1. The number of anilines is 1. The molecule has 0 unspecified atom stereocenters. The van der Waals surface area contributed by atoms with E-state index >= 15 is 0 Å². The van der Waals surface area contributed by atoms with Crippen LogP contribution < -0.4 is 11.1 Å². The van der Waals surface area contributed by atoms with E-state index in [4.69, 9.17) is 5.73 Å². The number of thioether (sulfide) groups is 1. The van der Waals surface area contributed by atoms with Crippen molar-refractivity contribution in [3.05, 3.63) is 86.6 Å². The third-order valence-corrected chi connectivity index (χ3v) is 6.14. The Morgan fingerprint density at radius 2 is 1.93 bits per heavy atom. The molecule has 0 bridgehead atoms. The number of rotatable bonds is 3. The monoisotopic (exact) mass is 465 g/mol. The average Bonchev–Trinajstić information content (AvgIpc) is 3.03. The molecule has 144 valence electrons. The zero-order valence-corrected chi connectivity index (χ0v) is 17.8. The largest absolute Gasteiger partial charge is 0.383 e. The first-order chi connectivity index (χ1) is 14.0. The Hall–Kier alpha value is -3.02. The van der Waals surface area contributed by atoms with Crippen molar-refractivity contribution in [1.82, 2.24) is 4.90 Å². The molecule has 2 aliphatic rings. The van der Waals surface area contributed by atoms with Gasteiger partial charge in [-0.2, -0.15) is 5.26 Å². The second-order valence-corrected chi connectivity index (χ2v) is 8.36. The van der Waals surface area contributed by atoms with E-state index in [9.17, 15) is 10.1 Å². The molecular formula is C21H16BrN5OS. The van der Waals surface area contributed by atoms with Gasteiger partial charge in [-0.05, 0) is 48.5 Å². The zero-order valence-electron chi connectivity index (χ0n) is 15.4. The van der Waals surface area contributed by atoms with E-state index in [2.05, 4.69) is 32.3 Å². The number of nitrogens with zero attached hydrogens (tertiary/aromatic N) is 3. The predicted molar refractivity (Wildman–Crippen MR) is 118 cm³/mol. The van der Waals surface area contributed by atoms with Crippen molar-refractivity contribution in [2.75, 3.05) is 5.32 Å². The van der Waals surface area contributed by atoms with E-state index in [-0.39, 0.29) is 5.91 Å². The molecule has 2 aromatic carbocycles. The molecule has 2 heterocycles. The standard InChI is InChI=1S/C21H16BrN5OS/c1-12-17(20(28)26-15-5-3-2-4-6-15)18(13-7-9-14(22)10-8-13)27-19(24)16(11-23)29-21(27)25-12/h2-10,18H,24H2,1H3,(H,26,28)/t18-/m1/s1. The van der Waals surface area contributed by atoms with Gasteiger partial charge < -0.3 is 11.1 Å². The fourth-order valence-corrected chi connectivity index (χ4v) is 4.49. The lowest BCUT2D eigenvalue weighted by molar-refractivity contribution is -0.113. The highest BCUT2D eigenvalue weighted by Crippen LogP contribution is 2.45. The summed E-state index contributed by atoms with van der Waals surface area (Å²) in [6.45, 7) is 1.80. The summed E-state index contributed by atoms with van der Waals surface area (Å²) in [5.74, 6) is 0.0503. The lowest BCUT2D eigenvalue weighted by Gasteiger charge is -2.35. The fraction of sp³-hybridized carbons (Fsp3) is 0.0952. The number of nitriles is 1. The molecule has 3 N–H and O–H groups in total. The molecule has 1 amide bonds. The lowest BCUT2D eigenvalue weighted by Crippen LogP contribution is -2.39. The van der Waals surface area contributed by atoms with Crippen molar-refractivity contribution in [3.63, 3.8) is 0 Å². The summed E-state index contributed by atoms with van der Waals surface area (Å²) in [4.78, 5) is 20.0. The molecule has 0 saturated carbocycles. The Balaban J connectivity index is 1.82. The third kappa shape index (κ3) is 3.55. The van der Waals surface area contributed by atoms with Crippen molar-refractivity contribution in [1.29, 1.82) is 5.26 Å². The molecule has 0 saturated heterocycles. The van der Waals surface area contributed by atoms with Gasteiger partial charge in [-0.25, -0.2) is 4.99 Å². The molecule has 0 aliphatic carbocycles. The second-order valence-electron chi connectivity index (χ2n) is 6.47. The number of nitrogens with two attached hydrogens (primary N) is 1. The number of hydrogen-bond donors (Lipinski definition) is 2. The molecule has 2 aromatic rings. The molecule has 2 aliphatic heterocycles. The summed E-state index contributed by atoms with van der Waals surface area (Å²) in [6.07, 6.45) is 0. The first-order valence-corrected chi connectivity index (χ1v) is 10.4. The molecular weight excluding hydrogens is 450 g/mol. The number of para-hydroxylation sites is 1. The van der Waals surface area contributed by atoms with Crippen LogP contribution in [0.3, 0.4) is 0 Å². The van der Waals surface area contributed by atoms with E-state index in [1.807, 2.05) is 54.6 Å². The molecule has 0 spiro atoms. The normalized spacial score (nSPS) is 18.3. The lowest BCUT2D eigenvalue weighted by atomic mass is 9.94. The molecule has 6 nitrogen and oxygen atoms in total. The summed E-state index contributed by atoms with van der Waals surface area (Å²) in [6, 6.07) is 18.6. The highest BCUT2D eigenvalue weighted by Gasteiger charge is 2.42. The predicted octanol–water partition coefficient (Wildman–Crippen LogP) is 4.47. The maximum absolute atomic E-state index is 13.3.